The quantitative estimate of drug-likeness (QED) is 0.912. The number of sulfone groups is 1. The molecule has 1 aromatic carbocycles. The van der Waals surface area contributed by atoms with E-state index < -0.39 is 21.6 Å². The molecular formula is C11H9FN2O4S. The van der Waals surface area contributed by atoms with E-state index in [0.717, 1.165) is 24.8 Å². The van der Waals surface area contributed by atoms with E-state index in [0.29, 0.717) is 0 Å². The van der Waals surface area contributed by atoms with Crippen molar-refractivity contribution in [3.05, 3.63) is 42.2 Å². The van der Waals surface area contributed by atoms with Crippen molar-refractivity contribution < 1.29 is 22.7 Å². The Balaban J connectivity index is 2.49. The van der Waals surface area contributed by atoms with Gasteiger partial charge in [0.2, 0.25) is 0 Å². The zero-order valence-corrected chi connectivity index (χ0v) is 10.6. The van der Waals surface area contributed by atoms with Crippen molar-refractivity contribution in [2.45, 2.75) is 4.90 Å². The fraction of sp³-hybridized carbons (Fsp3) is 0.0909. The zero-order chi connectivity index (χ0) is 14.2. The van der Waals surface area contributed by atoms with Gasteiger partial charge in [0.25, 0.3) is 0 Å². The largest absolute Gasteiger partial charge is 0.476 e. The van der Waals surface area contributed by atoms with Crippen LogP contribution in [0.2, 0.25) is 0 Å². The summed E-state index contributed by atoms with van der Waals surface area (Å²) < 4.78 is 37.5. The monoisotopic (exact) mass is 284 g/mol. The first-order chi connectivity index (χ1) is 8.79. The number of imidazole rings is 1. The molecule has 0 radical (unpaired) electrons. The second kappa shape index (κ2) is 4.47. The fourth-order valence-corrected chi connectivity index (χ4v) is 2.13. The van der Waals surface area contributed by atoms with Crippen LogP contribution >= 0.6 is 0 Å². The first-order valence-corrected chi connectivity index (χ1v) is 6.95. The maximum atomic E-state index is 13.8. The highest BCUT2D eigenvalue weighted by atomic mass is 32.2. The molecule has 0 saturated carbocycles. The first kappa shape index (κ1) is 13.2. The highest BCUT2D eigenvalue weighted by Crippen LogP contribution is 2.18. The summed E-state index contributed by atoms with van der Waals surface area (Å²) in [5, 5.41) is 8.72. The van der Waals surface area contributed by atoms with Crippen LogP contribution in [0.3, 0.4) is 0 Å². The molecule has 0 saturated heterocycles. The van der Waals surface area contributed by atoms with Crippen LogP contribution in [-0.2, 0) is 9.84 Å². The molecule has 6 nitrogen and oxygen atoms in total. The number of carboxylic acid groups (broad SMARTS) is 1. The van der Waals surface area contributed by atoms with Gasteiger partial charge in [-0.25, -0.2) is 22.6 Å². The molecule has 19 heavy (non-hydrogen) atoms. The average Bonchev–Trinajstić information content (AvgIpc) is 2.76. The lowest BCUT2D eigenvalue weighted by molar-refractivity contribution is 0.0691. The van der Waals surface area contributed by atoms with E-state index in [4.69, 9.17) is 5.11 Å². The van der Waals surface area contributed by atoms with Crippen molar-refractivity contribution in [3.8, 4) is 5.69 Å². The van der Waals surface area contributed by atoms with Gasteiger partial charge in [-0.1, -0.05) is 0 Å². The topological polar surface area (TPSA) is 89.3 Å². The van der Waals surface area contributed by atoms with Crippen LogP contribution in [0.4, 0.5) is 4.39 Å². The van der Waals surface area contributed by atoms with Gasteiger partial charge < -0.3 is 9.67 Å². The summed E-state index contributed by atoms with van der Waals surface area (Å²) in [6.07, 6.45) is 3.25. The molecule has 2 aromatic rings. The molecule has 0 spiro atoms. The Labute approximate surface area is 108 Å². The third-order valence-corrected chi connectivity index (χ3v) is 3.54. The molecule has 0 unspecified atom stereocenters. The van der Waals surface area contributed by atoms with E-state index in [1.54, 1.807) is 0 Å². The summed E-state index contributed by atoms with van der Waals surface area (Å²) in [5.74, 6) is -2.01. The van der Waals surface area contributed by atoms with Crippen LogP contribution < -0.4 is 0 Å². The molecule has 0 fully saturated rings. The predicted octanol–water partition coefficient (Wildman–Crippen LogP) is 1.11. The molecule has 100 valence electrons. The van der Waals surface area contributed by atoms with Crippen LogP contribution in [0.5, 0.6) is 0 Å². The summed E-state index contributed by atoms with van der Waals surface area (Å²) >= 11 is 0. The normalized spacial score (nSPS) is 11.5. The number of nitrogens with zero attached hydrogens (tertiary/aromatic N) is 2. The second-order valence-corrected chi connectivity index (χ2v) is 5.87. The smallest absolute Gasteiger partial charge is 0.356 e. The molecule has 0 aliphatic rings. The van der Waals surface area contributed by atoms with Crippen molar-refractivity contribution in [2.75, 3.05) is 6.26 Å². The number of aromatic carboxylic acids is 1. The van der Waals surface area contributed by atoms with E-state index in [2.05, 4.69) is 4.98 Å². The molecule has 0 amide bonds. The molecule has 0 bridgehead atoms. The molecule has 8 heteroatoms. The Morgan fingerprint density at radius 3 is 2.58 bits per heavy atom. The van der Waals surface area contributed by atoms with E-state index in [1.165, 1.54) is 16.7 Å². The van der Waals surface area contributed by atoms with Crippen LogP contribution in [0, 0.1) is 5.82 Å². The Kier molecular flexibility index (Phi) is 3.11. The van der Waals surface area contributed by atoms with Crippen molar-refractivity contribution >= 4 is 15.8 Å². The SMILES string of the molecule is CS(=O)(=O)c1ccc(-n2cnc(C(=O)O)c2)c(F)c1. The summed E-state index contributed by atoms with van der Waals surface area (Å²) in [6.45, 7) is 0. The standard InChI is InChI=1S/C11H9FN2O4S/c1-19(17,18)7-2-3-10(8(12)4-7)14-5-9(11(15)16)13-6-14/h2-6H,1H3,(H,15,16). The number of halogens is 1. The molecule has 0 atom stereocenters. The minimum absolute atomic E-state index is 0.0207. The van der Waals surface area contributed by atoms with Crippen molar-refractivity contribution in [3.63, 3.8) is 0 Å². The van der Waals surface area contributed by atoms with Crippen LogP contribution in [0.15, 0.2) is 35.6 Å². The van der Waals surface area contributed by atoms with Gasteiger partial charge in [0, 0.05) is 12.5 Å². The van der Waals surface area contributed by atoms with Gasteiger partial charge in [0.15, 0.2) is 15.5 Å². The van der Waals surface area contributed by atoms with E-state index >= 15 is 0 Å². The Morgan fingerprint density at radius 2 is 2.11 bits per heavy atom. The lowest BCUT2D eigenvalue weighted by atomic mass is 10.3. The minimum Gasteiger partial charge on any atom is -0.476 e. The van der Waals surface area contributed by atoms with E-state index in [1.807, 2.05) is 0 Å². The minimum atomic E-state index is -3.49. The van der Waals surface area contributed by atoms with Crippen LogP contribution in [-0.4, -0.2) is 35.3 Å². The maximum absolute atomic E-state index is 13.8. The number of benzene rings is 1. The van der Waals surface area contributed by atoms with E-state index in [9.17, 15) is 17.6 Å². The molecule has 1 aromatic heterocycles. The zero-order valence-electron chi connectivity index (χ0n) is 9.74. The van der Waals surface area contributed by atoms with Crippen molar-refractivity contribution in [1.29, 1.82) is 0 Å². The van der Waals surface area contributed by atoms with Gasteiger partial charge >= 0.3 is 5.97 Å². The van der Waals surface area contributed by atoms with Gasteiger partial charge in [0.05, 0.1) is 10.6 Å². The summed E-state index contributed by atoms with van der Waals surface area (Å²) in [4.78, 5) is 14.1. The number of hydrogen-bond donors (Lipinski definition) is 1. The predicted molar refractivity (Wildman–Crippen MR) is 63.6 cm³/mol. The Morgan fingerprint density at radius 1 is 1.42 bits per heavy atom. The molecule has 0 aliphatic carbocycles. The van der Waals surface area contributed by atoms with Gasteiger partial charge in [-0.05, 0) is 18.2 Å². The van der Waals surface area contributed by atoms with Crippen LogP contribution in [0.1, 0.15) is 10.5 Å². The number of rotatable bonds is 3. The lowest BCUT2D eigenvalue weighted by Crippen LogP contribution is -2.01. The molecule has 2 rings (SSSR count). The summed E-state index contributed by atoms with van der Waals surface area (Å²) in [5.41, 5.74) is -0.209. The van der Waals surface area contributed by atoms with Crippen molar-refractivity contribution in [2.24, 2.45) is 0 Å². The van der Waals surface area contributed by atoms with E-state index in [-0.39, 0.29) is 16.3 Å². The highest BCUT2D eigenvalue weighted by molar-refractivity contribution is 7.90. The summed E-state index contributed by atoms with van der Waals surface area (Å²) in [7, 11) is -3.49. The number of carboxylic acids is 1. The van der Waals surface area contributed by atoms with Gasteiger partial charge in [-0.15, -0.1) is 0 Å². The lowest BCUT2D eigenvalue weighted by Gasteiger charge is -2.05. The summed E-state index contributed by atoms with van der Waals surface area (Å²) in [6, 6.07) is 3.37. The number of carbonyl (C=O) groups is 1. The molecule has 1 heterocycles. The van der Waals surface area contributed by atoms with Crippen LogP contribution in [0.25, 0.3) is 5.69 Å². The molecule has 1 N–H and O–H groups in total. The van der Waals surface area contributed by atoms with Gasteiger partial charge in [-0.3, -0.25) is 0 Å². The van der Waals surface area contributed by atoms with Gasteiger partial charge in [0.1, 0.15) is 12.1 Å². The Hall–Kier alpha value is -2.22. The maximum Gasteiger partial charge on any atom is 0.356 e. The highest BCUT2D eigenvalue weighted by Gasteiger charge is 2.14. The first-order valence-electron chi connectivity index (χ1n) is 5.06. The third-order valence-electron chi connectivity index (χ3n) is 2.43. The van der Waals surface area contributed by atoms with Crippen molar-refractivity contribution in [1.82, 2.24) is 9.55 Å². The fourth-order valence-electron chi connectivity index (χ4n) is 1.49. The number of hydrogen-bond acceptors (Lipinski definition) is 4. The second-order valence-electron chi connectivity index (χ2n) is 3.86. The Bertz CT molecular complexity index is 752. The molecule has 0 aliphatic heterocycles. The van der Waals surface area contributed by atoms with Gasteiger partial charge in [-0.2, -0.15) is 0 Å². The number of aromatic nitrogens is 2. The molecular weight excluding hydrogens is 275 g/mol. The third kappa shape index (κ3) is 2.63. The average molecular weight is 284 g/mol.